The van der Waals surface area contributed by atoms with Gasteiger partial charge in [0, 0.05) is 6.54 Å². The third-order valence-corrected chi connectivity index (χ3v) is 4.46. The number of aliphatic imine (C=N–C) groups is 1. The van der Waals surface area contributed by atoms with Crippen molar-refractivity contribution < 1.29 is 29.1 Å². The van der Waals surface area contributed by atoms with Gasteiger partial charge < -0.3 is 54.1 Å². The molecule has 0 aliphatic carbocycles. The molecule has 13 N–H and O–H groups in total. The molecule has 0 aromatic carbocycles. The van der Waals surface area contributed by atoms with Gasteiger partial charge >= 0.3 is 0 Å². The maximum absolute atomic E-state index is 12.6. The van der Waals surface area contributed by atoms with Gasteiger partial charge in [-0.15, -0.1) is 0 Å². The van der Waals surface area contributed by atoms with E-state index in [1.165, 1.54) is 0 Å². The predicted molar refractivity (Wildman–Crippen MR) is 124 cm³/mol. The van der Waals surface area contributed by atoms with Crippen molar-refractivity contribution in [2.24, 2.45) is 27.9 Å². The van der Waals surface area contributed by atoms with Crippen LogP contribution in [0.1, 0.15) is 32.1 Å². The van der Waals surface area contributed by atoms with Gasteiger partial charge in [-0.25, -0.2) is 0 Å². The van der Waals surface area contributed by atoms with Crippen LogP contribution in [0.3, 0.4) is 0 Å². The monoisotopic (exact) mass is 487 g/mol. The molecule has 0 spiro atoms. The van der Waals surface area contributed by atoms with Gasteiger partial charge in [0.1, 0.15) is 18.4 Å². The number of nitrogens with zero attached hydrogens (tertiary/aromatic N) is 1. The van der Waals surface area contributed by atoms with E-state index in [0.29, 0.717) is 38.5 Å². The fourth-order valence-corrected chi connectivity index (χ4v) is 2.63. The Balaban J connectivity index is 4.83. The average Bonchev–Trinajstić information content (AvgIpc) is 2.81. The smallest absolute Gasteiger partial charge is 0.243 e. The number of carbonyl (C=O) groups excluding carboxylic acids is 5. The van der Waals surface area contributed by atoms with Gasteiger partial charge in [-0.05, 0) is 38.6 Å². The van der Waals surface area contributed by atoms with Crippen molar-refractivity contribution in [3.63, 3.8) is 0 Å². The minimum absolute atomic E-state index is 0.124. The van der Waals surface area contributed by atoms with E-state index in [-0.39, 0.29) is 18.9 Å². The largest absolute Gasteiger partial charge is 0.394 e. The Morgan fingerprint density at radius 1 is 0.912 bits per heavy atom. The van der Waals surface area contributed by atoms with Gasteiger partial charge in [0.05, 0.1) is 25.7 Å². The van der Waals surface area contributed by atoms with Crippen LogP contribution in [-0.2, 0) is 24.0 Å². The molecule has 0 saturated carbocycles. The number of aldehydes is 1. The Hall–Kier alpha value is -3.30. The maximum atomic E-state index is 12.6. The Morgan fingerprint density at radius 2 is 1.53 bits per heavy atom. The zero-order chi connectivity index (χ0) is 25.9. The summed E-state index contributed by atoms with van der Waals surface area (Å²) in [7, 11) is 0. The molecule has 0 radical (unpaired) electrons. The van der Waals surface area contributed by atoms with E-state index in [1.807, 2.05) is 0 Å². The van der Waals surface area contributed by atoms with Crippen LogP contribution >= 0.6 is 0 Å². The summed E-state index contributed by atoms with van der Waals surface area (Å²) in [5.41, 5.74) is 21.3. The molecule has 0 aliphatic rings. The molecule has 0 fully saturated rings. The van der Waals surface area contributed by atoms with Gasteiger partial charge in [0.15, 0.2) is 5.96 Å². The third kappa shape index (κ3) is 14.7. The number of hydrogen-bond donors (Lipinski definition) is 9. The van der Waals surface area contributed by atoms with Crippen molar-refractivity contribution in [1.82, 2.24) is 21.3 Å². The van der Waals surface area contributed by atoms with E-state index >= 15 is 0 Å². The van der Waals surface area contributed by atoms with Crippen molar-refractivity contribution in [1.29, 1.82) is 0 Å². The van der Waals surface area contributed by atoms with Crippen LogP contribution in [0.2, 0.25) is 0 Å². The van der Waals surface area contributed by atoms with E-state index < -0.39 is 61.5 Å². The van der Waals surface area contributed by atoms with Crippen LogP contribution in [0.4, 0.5) is 0 Å². The topological polar surface area (TPSA) is 270 Å². The Bertz CT molecular complexity index is 700. The van der Waals surface area contributed by atoms with E-state index in [1.54, 1.807) is 0 Å². The number of hydrogen-bond acceptors (Lipinski definition) is 9. The van der Waals surface area contributed by atoms with Crippen molar-refractivity contribution >= 4 is 35.9 Å². The lowest BCUT2D eigenvalue weighted by Crippen LogP contribution is -2.52. The fourth-order valence-electron chi connectivity index (χ4n) is 2.63. The summed E-state index contributed by atoms with van der Waals surface area (Å²) in [5.74, 6) is -2.78. The van der Waals surface area contributed by atoms with Crippen molar-refractivity contribution in [3.8, 4) is 0 Å². The molecule has 4 amide bonds. The van der Waals surface area contributed by atoms with Gasteiger partial charge in [0.25, 0.3) is 0 Å². The Kier molecular flexibility index (Phi) is 16.4. The number of amides is 4. The number of unbranched alkanes of at least 4 members (excludes halogenated alkanes) is 1. The van der Waals surface area contributed by atoms with E-state index in [4.69, 9.17) is 28.0 Å². The lowest BCUT2D eigenvalue weighted by molar-refractivity contribution is -0.131. The predicted octanol–water partition coefficient (Wildman–Crippen LogP) is -5.11. The normalized spacial score (nSPS) is 13.0. The van der Waals surface area contributed by atoms with Crippen LogP contribution in [-0.4, -0.2) is 91.9 Å². The molecule has 0 unspecified atom stereocenters. The molecule has 15 nitrogen and oxygen atoms in total. The van der Waals surface area contributed by atoms with Gasteiger partial charge in [-0.2, -0.15) is 0 Å². The number of aliphatic hydroxyl groups excluding tert-OH is 1. The number of nitrogens with one attached hydrogen (secondary N) is 4. The summed E-state index contributed by atoms with van der Waals surface area (Å²) in [6.45, 7) is -0.807. The van der Waals surface area contributed by atoms with E-state index in [0.717, 1.165) is 0 Å². The zero-order valence-electron chi connectivity index (χ0n) is 19.1. The van der Waals surface area contributed by atoms with Crippen molar-refractivity contribution in [2.75, 3.05) is 32.8 Å². The number of nitrogens with two attached hydrogens (primary N) is 4. The van der Waals surface area contributed by atoms with Crippen molar-refractivity contribution in [3.05, 3.63) is 0 Å². The van der Waals surface area contributed by atoms with Crippen LogP contribution in [0, 0.1) is 0 Å². The first-order valence-corrected chi connectivity index (χ1v) is 10.9. The summed E-state index contributed by atoms with van der Waals surface area (Å²) in [6, 6.07) is -2.93. The minimum Gasteiger partial charge on any atom is -0.394 e. The minimum atomic E-state index is -1.18. The van der Waals surface area contributed by atoms with Crippen LogP contribution < -0.4 is 44.2 Å². The molecule has 0 heterocycles. The second kappa shape index (κ2) is 18.2. The highest BCUT2D eigenvalue weighted by molar-refractivity contribution is 5.92. The molecule has 0 aromatic rings. The highest BCUT2D eigenvalue weighted by Gasteiger charge is 2.22. The van der Waals surface area contributed by atoms with E-state index in [9.17, 15) is 24.0 Å². The molecule has 0 rings (SSSR count). The lowest BCUT2D eigenvalue weighted by atomic mass is 10.1. The molecule has 194 valence electrons. The summed E-state index contributed by atoms with van der Waals surface area (Å²) in [6.07, 6.45) is 2.88. The Morgan fingerprint density at radius 3 is 2.09 bits per heavy atom. The first-order valence-electron chi connectivity index (χ1n) is 10.9. The fraction of sp³-hybridized carbons (Fsp3) is 0.684. The number of rotatable bonds is 18. The van der Waals surface area contributed by atoms with Crippen LogP contribution in [0.25, 0.3) is 0 Å². The molecule has 15 heteroatoms. The van der Waals surface area contributed by atoms with Gasteiger partial charge in [0.2, 0.25) is 23.6 Å². The SMILES string of the molecule is NCCCC[C@@H](C=O)NC(=O)CNC(=O)[C@H](CCCN=C(N)N)NC(=O)CNC(=O)[C@@H](N)CO. The summed E-state index contributed by atoms with van der Waals surface area (Å²) < 4.78 is 0. The molecule has 0 aromatic heterocycles. The number of carbonyl (C=O) groups is 5. The number of guanidine groups is 1. The second-order valence-corrected chi connectivity index (χ2v) is 7.39. The maximum Gasteiger partial charge on any atom is 0.243 e. The molecule has 34 heavy (non-hydrogen) atoms. The summed E-state index contributed by atoms with van der Waals surface area (Å²) in [4.78, 5) is 63.3. The highest BCUT2D eigenvalue weighted by atomic mass is 16.3. The standard InChI is InChI=1S/C19H37N9O6/c20-6-2-1-4-12(10-29)27-15(31)8-26-18(34)14(5-3-7-24-19(22)23)28-16(32)9-25-17(33)13(21)11-30/h10,12-14,30H,1-9,11,20-21H2,(H,25,33)(H,26,34)(H,27,31)(H,28,32)(H4,22,23,24)/t12-,13-,14-/m0/s1. The highest BCUT2D eigenvalue weighted by Crippen LogP contribution is 2.00. The van der Waals surface area contributed by atoms with Gasteiger partial charge in [-0.1, -0.05) is 0 Å². The zero-order valence-corrected chi connectivity index (χ0v) is 19.1. The van der Waals surface area contributed by atoms with Crippen LogP contribution in [0.5, 0.6) is 0 Å². The number of aliphatic hydroxyl groups is 1. The molecule has 0 bridgehead atoms. The molecular weight excluding hydrogens is 450 g/mol. The lowest BCUT2D eigenvalue weighted by Gasteiger charge is -2.19. The van der Waals surface area contributed by atoms with Gasteiger partial charge in [-0.3, -0.25) is 24.2 Å². The average molecular weight is 488 g/mol. The molecular formula is C19H37N9O6. The third-order valence-electron chi connectivity index (χ3n) is 4.46. The summed E-state index contributed by atoms with van der Waals surface area (Å²) >= 11 is 0. The first-order chi connectivity index (χ1) is 16.1. The first kappa shape index (κ1) is 30.7. The quantitative estimate of drug-likeness (QED) is 0.0384. The second-order valence-electron chi connectivity index (χ2n) is 7.39. The molecule has 0 saturated heterocycles. The molecule has 0 aliphatic heterocycles. The van der Waals surface area contributed by atoms with E-state index in [2.05, 4.69) is 26.3 Å². The van der Waals surface area contributed by atoms with Crippen LogP contribution in [0.15, 0.2) is 4.99 Å². The Labute approximate surface area is 197 Å². The molecule has 3 atom stereocenters. The summed E-state index contributed by atoms with van der Waals surface area (Å²) in [5, 5.41) is 18.4. The van der Waals surface area contributed by atoms with Crippen molar-refractivity contribution in [2.45, 2.75) is 50.2 Å².